The summed E-state index contributed by atoms with van der Waals surface area (Å²) in [6.45, 7) is 2.27. The van der Waals surface area contributed by atoms with Crippen LogP contribution < -0.4 is 5.73 Å². The van der Waals surface area contributed by atoms with Crippen LogP contribution in [0.15, 0.2) is 18.2 Å². The van der Waals surface area contributed by atoms with Crippen molar-refractivity contribution in [3.05, 3.63) is 41.1 Å². The van der Waals surface area contributed by atoms with Crippen molar-refractivity contribution in [1.82, 2.24) is 10.2 Å². The summed E-state index contributed by atoms with van der Waals surface area (Å²) in [6, 6.07) is 3.33. The van der Waals surface area contributed by atoms with E-state index in [2.05, 4.69) is 10.2 Å². The molecule has 1 heterocycles. The average molecular weight is 237 g/mol. The van der Waals surface area contributed by atoms with Crippen molar-refractivity contribution in [3.63, 3.8) is 0 Å². The first-order valence-electron chi connectivity index (χ1n) is 5.33. The fourth-order valence-electron chi connectivity index (χ4n) is 1.80. The minimum absolute atomic E-state index is 0.165. The Kier molecular flexibility index (Phi) is 3.19. The molecule has 0 amide bonds. The van der Waals surface area contributed by atoms with E-state index in [-0.39, 0.29) is 5.56 Å². The molecule has 0 fully saturated rings. The summed E-state index contributed by atoms with van der Waals surface area (Å²) in [5.74, 6) is -0.975. The highest BCUT2D eigenvalue weighted by atomic mass is 19.1. The molecule has 17 heavy (non-hydrogen) atoms. The third-order valence-corrected chi connectivity index (χ3v) is 2.65. The van der Waals surface area contributed by atoms with Gasteiger partial charge in [0.2, 0.25) is 0 Å². The molecule has 0 radical (unpaired) electrons. The van der Waals surface area contributed by atoms with Crippen LogP contribution in [0, 0.1) is 18.6 Å². The van der Waals surface area contributed by atoms with Crippen LogP contribution in [0.5, 0.6) is 0 Å². The zero-order chi connectivity index (χ0) is 12.4. The Morgan fingerprint density at radius 2 is 2.12 bits per heavy atom. The summed E-state index contributed by atoms with van der Waals surface area (Å²) < 4.78 is 26.8. The smallest absolute Gasteiger partial charge is 0.132 e. The number of H-pyrrole nitrogens is 1. The van der Waals surface area contributed by atoms with Gasteiger partial charge in [0.1, 0.15) is 11.6 Å². The van der Waals surface area contributed by atoms with Gasteiger partial charge in [-0.2, -0.15) is 5.10 Å². The maximum Gasteiger partial charge on any atom is 0.132 e. The van der Waals surface area contributed by atoms with Crippen LogP contribution in [0.1, 0.15) is 11.3 Å². The number of halogens is 2. The summed E-state index contributed by atoms with van der Waals surface area (Å²) in [4.78, 5) is 0. The van der Waals surface area contributed by atoms with Crippen molar-refractivity contribution in [2.24, 2.45) is 5.73 Å². The quantitative estimate of drug-likeness (QED) is 0.859. The van der Waals surface area contributed by atoms with Gasteiger partial charge < -0.3 is 5.73 Å². The van der Waals surface area contributed by atoms with Crippen molar-refractivity contribution in [2.75, 3.05) is 6.54 Å². The molecule has 3 nitrogen and oxygen atoms in total. The summed E-state index contributed by atoms with van der Waals surface area (Å²) >= 11 is 0. The third-order valence-electron chi connectivity index (χ3n) is 2.65. The van der Waals surface area contributed by atoms with Gasteiger partial charge in [-0.05, 0) is 38.1 Å². The lowest BCUT2D eigenvalue weighted by Crippen LogP contribution is -2.04. The minimum atomic E-state index is -0.490. The van der Waals surface area contributed by atoms with Gasteiger partial charge in [-0.15, -0.1) is 0 Å². The van der Waals surface area contributed by atoms with E-state index in [4.69, 9.17) is 5.73 Å². The van der Waals surface area contributed by atoms with Crippen molar-refractivity contribution in [1.29, 1.82) is 0 Å². The van der Waals surface area contributed by atoms with Crippen LogP contribution in [0.25, 0.3) is 11.3 Å². The van der Waals surface area contributed by atoms with E-state index >= 15 is 0 Å². The van der Waals surface area contributed by atoms with Crippen LogP contribution in [0.3, 0.4) is 0 Å². The summed E-state index contributed by atoms with van der Waals surface area (Å²) in [5, 5.41) is 6.79. The molecule has 2 aromatic rings. The Balaban J connectivity index is 2.56. The number of rotatable bonds is 3. The summed E-state index contributed by atoms with van der Waals surface area (Å²) in [7, 11) is 0. The van der Waals surface area contributed by atoms with E-state index in [0.29, 0.717) is 18.7 Å². The van der Waals surface area contributed by atoms with Crippen LogP contribution in [0.2, 0.25) is 0 Å². The van der Waals surface area contributed by atoms with Crippen LogP contribution in [0.4, 0.5) is 8.78 Å². The number of aromatic amines is 1. The maximum atomic E-state index is 13.6. The van der Waals surface area contributed by atoms with E-state index in [1.807, 2.05) is 6.92 Å². The fourth-order valence-corrected chi connectivity index (χ4v) is 1.80. The van der Waals surface area contributed by atoms with Gasteiger partial charge >= 0.3 is 0 Å². The molecule has 0 saturated heterocycles. The Bertz CT molecular complexity index is 535. The average Bonchev–Trinajstić information content (AvgIpc) is 2.65. The molecular formula is C12H13F2N3. The molecular weight excluding hydrogens is 224 g/mol. The molecule has 0 atom stereocenters. The predicted molar refractivity (Wildman–Crippen MR) is 61.4 cm³/mol. The normalized spacial score (nSPS) is 10.8. The second-order valence-corrected chi connectivity index (χ2v) is 3.84. The maximum absolute atomic E-state index is 13.6. The molecule has 3 N–H and O–H groups in total. The van der Waals surface area contributed by atoms with Crippen molar-refractivity contribution in [2.45, 2.75) is 13.3 Å². The van der Waals surface area contributed by atoms with Gasteiger partial charge in [0.25, 0.3) is 0 Å². The number of aryl methyl sites for hydroxylation is 1. The number of hydrogen-bond acceptors (Lipinski definition) is 2. The first-order valence-corrected chi connectivity index (χ1v) is 5.33. The number of nitrogens with zero attached hydrogens (tertiary/aromatic N) is 1. The highest BCUT2D eigenvalue weighted by molar-refractivity contribution is 5.64. The van der Waals surface area contributed by atoms with Crippen molar-refractivity contribution < 1.29 is 8.78 Å². The minimum Gasteiger partial charge on any atom is -0.330 e. The number of aromatic nitrogens is 2. The first-order chi connectivity index (χ1) is 8.13. The van der Waals surface area contributed by atoms with Crippen molar-refractivity contribution >= 4 is 0 Å². The molecule has 0 aliphatic carbocycles. The molecule has 90 valence electrons. The Morgan fingerprint density at radius 3 is 2.82 bits per heavy atom. The highest BCUT2D eigenvalue weighted by Crippen LogP contribution is 2.27. The molecule has 5 heteroatoms. The van der Waals surface area contributed by atoms with Crippen LogP contribution >= 0.6 is 0 Å². The summed E-state index contributed by atoms with van der Waals surface area (Å²) in [5.41, 5.74) is 7.75. The predicted octanol–water partition coefficient (Wildman–Crippen LogP) is 2.16. The monoisotopic (exact) mass is 237 g/mol. The zero-order valence-corrected chi connectivity index (χ0v) is 9.43. The van der Waals surface area contributed by atoms with Gasteiger partial charge in [-0.3, -0.25) is 5.10 Å². The molecule has 0 bridgehead atoms. The molecule has 2 rings (SSSR count). The standard InChI is InChI=1S/C12H13F2N3/c1-7-9(4-5-15)12(17-16-7)10-6-8(13)2-3-11(10)14/h2-3,6H,4-5,15H2,1H3,(H,16,17). The number of hydrogen-bond donors (Lipinski definition) is 2. The fraction of sp³-hybridized carbons (Fsp3) is 0.250. The molecule has 1 aromatic heterocycles. The van der Waals surface area contributed by atoms with Crippen LogP contribution in [-0.2, 0) is 6.42 Å². The summed E-state index contributed by atoms with van der Waals surface area (Å²) in [6.07, 6.45) is 0.577. The van der Waals surface area contributed by atoms with Gasteiger partial charge in [-0.25, -0.2) is 8.78 Å². The van der Waals surface area contributed by atoms with Gasteiger partial charge in [-0.1, -0.05) is 0 Å². The van der Waals surface area contributed by atoms with Crippen LogP contribution in [-0.4, -0.2) is 16.7 Å². The Labute approximate surface area is 97.7 Å². The zero-order valence-electron chi connectivity index (χ0n) is 9.43. The van der Waals surface area contributed by atoms with E-state index in [0.717, 1.165) is 29.5 Å². The number of nitrogens with two attached hydrogens (primary N) is 1. The molecule has 0 aliphatic heterocycles. The van der Waals surface area contributed by atoms with Gasteiger partial charge in [0.15, 0.2) is 0 Å². The van der Waals surface area contributed by atoms with E-state index in [1.165, 1.54) is 0 Å². The lowest BCUT2D eigenvalue weighted by Gasteiger charge is -2.04. The molecule has 0 unspecified atom stereocenters. The molecule has 1 aromatic carbocycles. The first kappa shape index (κ1) is 11.7. The molecule has 0 spiro atoms. The molecule has 0 aliphatic rings. The molecule has 0 saturated carbocycles. The van der Waals surface area contributed by atoms with Gasteiger partial charge in [0.05, 0.1) is 5.69 Å². The van der Waals surface area contributed by atoms with Gasteiger partial charge in [0, 0.05) is 16.8 Å². The SMILES string of the molecule is Cc1[nH]nc(-c2cc(F)ccc2F)c1CCN. The largest absolute Gasteiger partial charge is 0.330 e. The Hall–Kier alpha value is -1.75. The van der Waals surface area contributed by atoms with E-state index in [1.54, 1.807) is 0 Å². The third kappa shape index (κ3) is 2.19. The lowest BCUT2D eigenvalue weighted by molar-refractivity contribution is 0.602. The van der Waals surface area contributed by atoms with Crippen molar-refractivity contribution in [3.8, 4) is 11.3 Å². The topological polar surface area (TPSA) is 54.7 Å². The van der Waals surface area contributed by atoms with E-state index in [9.17, 15) is 8.78 Å². The second kappa shape index (κ2) is 4.63. The number of benzene rings is 1. The highest BCUT2D eigenvalue weighted by Gasteiger charge is 2.15. The van der Waals surface area contributed by atoms with E-state index < -0.39 is 11.6 Å². The lowest BCUT2D eigenvalue weighted by atomic mass is 10.0. The Morgan fingerprint density at radius 1 is 1.35 bits per heavy atom. The second-order valence-electron chi connectivity index (χ2n) is 3.84. The number of nitrogens with one attached hydrogen (secondary N) is 1.